The molecule has 2 aliphatic rings. The molecule has 0 bridgehead atoms. The van der Waals surface area contributed by atoms with Crippen LogP contribution in [-0.4, -0.2) is 12.2 Å². The van der Waals surface area contributed by atoms with Crippen molar-refractivity contribution in [1.29, 1.82) is 0 Å². The SMILES string of the molecule is C1CCC2OOOOC2C1. The van der Waals surface area contributed by atoms with Crippen LogP contribution in [-0.2, 0) is 19.9 Å². The Morgan fingerprint density at radius 2 is 1.30 bits per heavy atom. The van der Waals surface area contributed by atoms with E-state index < -0.39 is 0 Å². The summed E-state index contributed by atoms with van der Waals surface area (Å²) < 4.78 is 0. The molecule has 1 aliphatic carbocycles. The van der Waals surface area contributed by atoms with Gasteiger partial charge in [0, 0.05) is 0 Å². The van der Waals surface area contributed by atoms with Crippen LogP contribution in [0.5, 0.6) is 0 Å². The van der Waals surface area contributed by atoms with Crippen LogP contribution in [0.25, 0.3) is 0 Å². The third kappa shape index (κ3) is 1.15. The topological polar surface area (TPSA) is 36.9 Å². The summed E-state index contributed by atoms with van der Waals surface area (Å²) in [6, 6.07) is 0. The van der Waals surface area contributed by atoms with Gasteiger partial charge in [-0.25, -0.2) is 0 Å². The highest BCUT2D eigenvalue weighted by Crippen LogP contribution is 2.26. The van der Waals surface area contributed by atoms with Gasteiger partial charge < -0.3 is 0 Å². The molecule has 1 heterocycles. The Hall–Kier alpha value is -0.160. The summed E-state index contributed by atoms with van der Waals surface area (Å²) in [5.74, 6) is 0. The van der Waals surface area contributed by atoms with Gasteiger partial charge in [-0.1, -0.05) is 12.8 Å². The number of hydrogen-bond donors (Lipinski definition) is 0. The molecule has 0 aromatic rings. The maximum Gasteiger partial charge on any atom is 0.126 e. The Kier molecular flexibility index (Phi) is 1.86. The third-order valence-corrected chi connectivity index (χ3v) is 2.00. The number of hydrogen-bond acceptors (Lipinski definition) is 4. The van der Waals surface area contributed by atoms with Crippen molar-refractivity contribution >= 4 is 0 Å². The minimum atomic E-state index is 0.0856. The first-order valence-electron chi connectivity index (χ1n) is 3.62. The van der Waals surface area contributed by atoms with Gasteiger partial charge in [0.25, 0.3) is 0 Å². The average molecular weight is 146 g/mol. The van der Waals surface area contributed by atoms with Crippen LogP contribution in [0.4, 0.5) is 0 Å². The molecular weight excluding hydrogens is 136 g/mol. The van der Waals surface area contributed by atoms with Crippen LogP contribution in [0.15, 0.2) is 0 Å². The molecule has 1 saturated heterocycles. The van der Waals surface area contributed by atoms with Crippen molar-refractivity contribution < 1.29 is 19.9 Å². The molecule has 0 radical (unpaired) electrons. The summed E-state index contributed by atoms with van der Waals surface area (Å²) in [6.45, 7) is 0. The minimum Gasteiger partial charge on any atom is -0.198 e. The van der Waals surface area contributed by atoms with Gasteiger partial charge in [-0.2, -0.15) is 9.78 Å². The van der Waals surface area contributed by atoms with Crippen LogP contribution in [0.3, 0.4) is 0 Å². The molecule has 4 heteroatoms. The molecule has 1 aliphatic heterocycles. The quantitative estimate of drug-likeness (QED) is 0.480. The van der Waals surface area contributed by atoms with E-state index in [2.05, 4.69) is 10.1 Å². The maximum atomic E-state index is 4.83. The second-order valence-corrected chi connectivity index (χ2v) is 2.69. The Morgan fingerprint density at radius 1 is 0.800 bits per heavy atom. The second kappa shape index (κ2) is 2.84. The van der Waals surface area contributed by atoms with Crippen molar-refractivity contribution in [3.05, 3.63) is 0 Å². The van der Waals surface area contributed by atoms with E-state index >= 15 is 0 Å². The highest BCUT2D eigenvalue weighted by molar-refractivity contribution is 4.74. The lowest BCUT2D eigenvalue weighted by Gasteiger charge is -2.30. The highest BCUT2D eigenvalue weighted by Gasteiger charge is 2.32. The average Bonchev–Trinajstić information content (AvgIpc) is 2.05. The fourth-order valence-corrected chi connectivity index (χ4v) is 1.42. The highest BCUT2D eigenvalue weighted by atomic mass is 17.7. The molecule has 2 unspecified atom stereocenters. The van der Waals surface area contributed by atoms with E-state index in [-0.39, 0.29) is 12.2 Å². The molecule has 0 N–H and O–H groups in total. The molecular formula is C6H10O4. The van der Waals surface area contributed by atoms with Crippen molar-refractivity contribution in [3.63, 3.8) is 0 Å². The van der Waals surface area contributed by atoms with Gasteiger partial charge in [0.05, 0.1) is 0 Å². The molecule has 2 fully saturated rings. The van der Waals surface area contributed by atoms with Gasteiger partial charge in [0.15, 0.2) is 0 Å². The van der Waals surface area contributed by atoms with Crippen molar-refractivity contribution in [3.8, 4) is 0 Å². The first-order valence-corrected chi connectivity index (χ1v) is 3.62. The van der Waals surface area contributed by atoms with Gasteiger partial charge in [-0.05, 0) is 22.9 Å². The zero-order chi connectivity index (χ0) is 6.81. The van der Waals surface area contributed by atoms with Gasteiger partial charge in [-0.3, -0.25) is 0 Å². The monoisotopic (exact) mass is 146 g/mol. The predicted octanol–water partition coefficient (Wildman–Crippen LogP) is 1.12. The van der Waals surface area contributed by atoms with E-state index in [1.54, 1.807) is 0 Å². The zero-order valence-corrected chi connectivity index (χ0v) is 5.62. The Labute approximate surface area is 58.8 Å². The summed E-state index contributed by atoms with van der Waals surface area (Å²) in [7, 11) is 0. The first-order chi connectivity index (χ1) is 4.97. The van der Waals surface area contributed by atoms with Crippen LogP contribution in [0, 0.1) is 0 Å². The minimum absolute atomic E-state index is 0.0856. The second-order valence-electron chi connectivity index (χ2n) is 2.69. The van der Waals surface area contributed by atoms with E-state index in [0.717, 1.165) is 12.8 Å². The third-order valence-electron chi connectivity index (χ3n) is 2.00. The van der Waals surface area contributed by atoms with Gasteiger partial charge in [-0.15, -0.1) is 0 Å². The Bertz CT molecular complexity index is 90.3. The van der Waals surface area contributed by atoms with Gasteiger partial charge in [0.1, 0.15) is 12.2 Å². The molecule has 0 aromatic heterocycles. The summed E-state index contributed by atoms with van der Waals surface area (Å²) in [4.78, 5) is 9.67. The molecule has 2 atom stereocenters. The lowest BCUT2D eigenvalue weighted by atomic mass is 9.95. The van der Waals surface area contributed by atoms with Crippen LogP contribution < -0.4 is 0 Å². The standard InChI is InChI=1S/C6H10O4/c1-2-4-6-5(3-1)7-9-10-8-6/h5-6H,1-4H2. The van der Waals surface area contributed by atoms with Crippen LogP contribution >= 0.6 is 0 Å². The van der Waals surface area contributed by atoms with Gasteiger partial charge >= 0.3 is 0 Å². The molecule has 0 amide bonds. The summed E-state index contributed by atoms with van der Waals surface area (Å²) in [6.07, 6.45) is 4.56. The normalized spacial score (nSPS) is 40.8. The Balaban J connectivity index is 1.93. The molecule has 1 saturated carbocycles. The summed E-state index contributed by atoms with van der Waals surface area (Å²) in [5, 5.41) is 8.43. The first kappa shape index (κ1) is 6.54. The van der Waals surface area contributed by atoms with E-state index in [4.69, 9.17) is 9.78 Å². The van der Waals surface area contributed by atoms with E-state index in [1.165, 1.54) is 12.8 Å². The fraction of sp³-hybridized carbons (Fsp3) is 1.00. The van der Waals surface area contributed by atoms with E-state index in [9.17, 15) is 0 Å². The molecule has 58 valence electrons. The largest absolute Gasteiger partial charge is 0.198 e. The van der Waals surface area contributed by atoms with Crippen LogP contribution in [0.1, 0.15) is 25.7 Å². The van der Waals surface area contributed by atoms with Crippen molar-refractivity contribution in [2.75, 3.05) is 0 Å². The van der Waals surface area contributed by atoms with Crippen LogP contribution in [0.2, 0.25) is 0 Å². The smallest absolute Gasteiger partial charge is 0.126 e. The van der Waals surface area contributed by atoms with E-state index in [1.807, 2.05) is 0 Å². The molecule has 10 heavy (non-hydrogen) atoms. The molecule has 0 aromatic carbocycles. The van der Waals surface area contributed by atoms with Gasteiger partial charge in [0.2, 0.25) is 0 Å². The maximum absolute atomic E-state index is 4.83. The summed E-state index contributed by atoms with van der Waals surface area (Å²) >= 11 is 0. The molecule has 2 rings (SSSR count). The van der Waals surface area contributed by atoms with Crippen molar-refractivity contribution in [1.82, 2.24) is 0 Å². The number of rotatable bonds is 0. The lowest BCUT2D eigenvalue weighted by molar-refractivity contribution is -0.690. The molecule has 4 nitrogen and oxygen atoms in total. The van der Waals surface area contributed by atoms with Crippen molar-refractivity contribution in [2.24, 2.45) is 0 Å². The number of fused-ring (bicyclic) bond motifs is 1. The summed E-state index contributed by atoms with van der Waals surface area (Å²) in [5.41, 5.74) is 0. The Morgan fingerprint density at radius 3 is 1.80 bits per heavy atom. The lowest BCUT2D eigenvalue weighted by Crippen LogP contribution is -2.38. The van der Waals surface area contributed by atoms with E-state index in [0.29, 0.717) is 0 Å². The fourth-order valence-electron chi connectivity index (χ4n) is 1.42. The van der Waals surface area contributed by atoms with Crippen molar-refractivity contribution in [2.45, 2.75) is 37.9 Å². The predicted molar refractivity (Wildman–Crippen MR) is 30.4 cm³/mol. The molecule has 0 spiro atoms. The zero-order valence-electron chi connectivity index (χ0n) is 5.62.